The minimum absolute atomic E-state index is 0.0863. The number of nitrogens with two attached hydrogens (primary N) is 1. The maximum absolute atomic E-state index is 13.1. The molecule has 7 nitrogen and oxygen atoms in total. The smallest absolute Gasteiger partial charge is 0.264 e. The van der Waals surface area contributed by atoms with Crippen LogP contribution in [-0.4, -0.2) is 56.8 Å². The summed E-state index contributed by atoms with van der Waals surface area (Å²) >= 11 is 3.18. The highest BCUT2D eigenvalue weighted by atomic mass is 32.1. The van der Waals surface area contributed by atoms with E-state index in [1.165, 1.54) is 11.3 Å². The number of carbonyl (C=O) groups excluding carboxylic acids is 1. The van der Waals surface area contributed by atoms with E-state index in [-0.39, 0.29) is 5.91 Å². The van der Waals surface area contributed by atoms with Crippen molar-refractivity contribution in [3.8, 4) is 9.88 Å². The maximum Gasteiger partial charge on any atom is 0.264 e. The van der Waals surface area contributed by atoms with Crippen molar-refractivity contribution in [2.24, 2.45) is 0 Å². The van der Waals surface area contributed by atoms with Gasteiger partial charge >= 0.3 is 0 Å². The van der Waals surface area contributed by atoms with Crippen LogP contribution in [0.5, 0.6) is 0 Å². The summed E-state index contributed by atoms with van der Waals surface area (Å²) in [7, 11) is 0. The van der Waals surface area contributed by atoms with E-state index in [1.54, 1.807) is 11.3 Å². The molecule has 1 fully saturated rings. The highest BCUT2D eigenvalue weighted by Crippen LogP contribution is 2.34. The third-order valence-electron chi connectivity index (χ3n) is 6.03. The molecule has 2 N–H and O–H groups in total. The third-order valence-corrected chi connectivity index (χ3v) is 8.30. The summed E-state index contributed by atoms with van der Waals surface area (Å²) in [6.45, 7) is 3.53. The van der Waals surface area contributed by atoms with Gasteiger partial charge in [-0.2, -0.15) is 0 Å². The number of rotatable bonds is 4. The Morgan fingerprint density at radius 3 is 2.44 bits per heavy atom. The fourth-order valence-electron chi connectivity index (χ4n) is 4.23. The molecule has 6 rings (SSSR count). The number of nitrogen functional groups attached to an aromatic ring is 1. The molecule has 9 heteroatoms. The van der Waals surface area contributed by atoms with Gasteiger partial charge in [0.1, 0.15) is 16.6 Å². The Hall–Kier alpha value is -3.40. The Morgan fingerprint density at radius 2 is 1.62 bits per heavy atom. The number of piperazine rings is 1. The second-order valence-corrected chi connectivity index (χ2v) is 10.4. The first kappa shape index (κ1) is 21.2. The fraction of sp³-hybridized carbons (Fsp3) is 0.200. The molecule has 4 heterocycles. The van der Waals surface area contributed by atoms with Gasteiger partial charge < -0.3 is 10.6 Å². The lowest BCUT2D eigenvalue weighted by atomic mass is 10.2. The summed E-state index contributed by atoms with van der Waals surface area (Å²) in [5.41, 5.74) is 7.99. The molecular formula is C25H22N6OS2. The highest BCUT2D eigenvalue weighted by Gasteiger charge is 2.24. The average Bonchev–Trinajstić information content (AvgIpc) is 3.52. The average molecular weight is 487 g/mol. The van der Waals surface area contributed by atoms with E-state index in [1.807, 2.05) is 59.5 Å². The lowest BCUT2D eigenvalue weighted by Gasteiger charge is -2.34. The molecule has 5 aromatic rings. The molecule has 0 bridgehead atoms. The number of nitrogens with zero attached hydrogens (tertiary/aromatic N) is 5. The summed E-state index contributed by atoms with van der Waals surface area (Å²) in [5.74, 6) is 1.31. The van der Waals surface area contributed by atoms with E-state index in [4.69, 9.17) is 10.7 Å². The Balaban J connectivity index is 1.11. The summed E-state index contributed by atoms with van der Waals surface area (Å²) < 4.78 is 1.16. The topological polar surface area (TPSA) is 88.2 Å². The molecule has 2 aromatic carbocycles. The summed E-state index contributed by atoms with van der Waals surface area (Å²) in [4.78, 5) is 33.0. The van der Waals surface area contributed by atoms with Crippen LogP contribution < -0.4 is 5.73 Å². The summed E-state index contributed by atoms with van der Waals surface area (Å²) in [6.07, 6.45) is 0. The number of para-hydroxylation sites is 2. The van der Waals surface area contributed by atoms with Gasteiger partial charge in [0.2, 0.25) is 0 Å². The van der Waals surface area contributed by atoms with Crippen molar-refractivity contribution in [1.82, 2.24) is 24.8 Å². The number of thiophene rings is 1. The SMILES string of the molecule is Nc1nc(CN2CCN(C(=O)c3ccc(-c4nc5ccccc5s4)s3)CC2)nc2ccccc12. The van der Waals surface area contributed by atoms with Crippen LogP contribution in [0.1, 0.15) is 15.5 Å². The van der Waals surface area contributed by atoms with Gasteiger partial charge in [0.25, 0.3) is 5.91 Å². The molecule has 0 saturated carbocycles. The minimum Gasteiger partial charge on any atom is -0.383 e. The molecule has 34 heavy (non-hydrogen) atoms. The molecule has 3 aromatic heterocycles. The number of amides is 1. The van der Waals surface area contributed by atoms with E-state index < -0.39 is 0 Å². The number of hydrogen-bond acceptors (Lipinski definition) is 8. The normalized spacial score (nSPS) is 14.8. The van der Waals surface area contributed by atoms with E-state index in [0.29, 0.717) is 25.5 Å². The molecule has 1 amide bonds. The zero-order valence-electron chi connectivity index (χ0n) is 18.3. The summed E-state index contributed by atoms with van der Waals surface area (Å²) in [6, 6.07) is 19.8. The number of anilines is 1. The van der Waals surface area contributed by atoms with Gasteiger partial charge in [-0.25, -0.2) is 15.0 Å². The van der Waals surface area contributed by atoms with Gasteiger partial charge in [-0.1, -0.05) is 24.3 Å². The lowest BCUT2D eigenvalue weighted by Crippen LogP contribution is -2.48. The van der Waals surface area contributed by atoms with Crippen LogP contribution in [0.15, 0.2) is 60.7 Å². The molecule has 1 saturated heterocycles. The summed E-state index contributed by atoms with van der Waals surface area (Å²) in [5, 5.41) is 1.84. The van der Waals surface area contributed by atoms with Crippen molar-refractivity contribution < 1.29 is 4.79 Å². The van der Waals surface area contributed by atoms with Crippen LogP contribution in [-0.2, 0) is 6.54 Å². The molecule has 0 spiro atoms. The van der Waals surface area contributed by atoms with Gasteiger partial charge in [-0.3, -0.25) is 9.69 Å². The lowest BCUT2D eigenvalue weighted by molar-refractivity contribution is 0.0630. The van der Waals surface area contributed by atoms with Gasteiger partial charge in [0, 0.05) is 31.6 Å². The zero-order valence-corrected chi connectivity index (χ0v) is 20.0. The molecule has 1 aliphatic heterocycles. The maximum atomic E-state index is 13.1. The number of fused-ring (bicyclic) bond motifs is 2. The number of carbonyl (C=O) groups is 1. The van der Waals surface area contributed by atoms with Crippen molar-refractivity contribution in [2.75, 3.05) is 31.9 Å². The Kier molecular flexibility index (Phi) is 5.44. The quantitative estimate of drug-likeness (QED) is 0.402. The van der Waals surface area contributed by atoms with Crippen LogP contribution in [0.4, 0.5) is 5.82 Å². The first-order valence-corrected chi connectivity index (χ1v) is 12.8. The van der Waals surface area contributed by atoms with Crippen molar-refractivity contribution in [2.45, 2.75) is 6.54 Å². The van der Waals surface area contributed by atoms with Gasteiger partial charge in [-0.05, 0) is 36.4 Å². The van der Waals surface area contributed by atoms with Crippen molar-refractivity contribution in [3.63, 3.8) is 0 Å². The van der Waals surface area contributed by atoms with Gasteiger partial charge in [0.15, 0.2) is 0 Å². The van der Waals surface area contributed by atoms with E-state index in [9.17, 15) is 4.79 Å². The molecule has 170 valence electrons. The predicted molar refractivity (Wildman–Crippen MR) is 138 cm³/mol. The first-order chi connectivity index (χ1) is 16.6. The zero-order chi connectivity index (χ0) is 23.1. The van der Waals surface area contributed by atoms with Crippen LogP contribution in [0.3, 0.4) is 0 Å². The largest absolute Gasteiger partial charge is 0.383 e. The highest BCUT2D eigenvalue weighted by molar-refractivity contribution is 7.26. The van der Waals surface area contributed by atoms with Crippen LogP contribution in [0, 0.1) is 0 Å². The minimum atomic E-state index is 0.0863. The molecule has 0 unspecified atom stereocenters. The Morgan fingerprint density at radius 1 is 0.853 bits per heavy atom. The molecular weight excluding hydrogens is 464 g/mol. The predicted octanol–water partition coefficient (Wildman–Crippen LogP) is 4.51. The van der Waals surface area contributed by atoms with Crippen molar-refractivity contribution in [1.29, 1.82) is 0 Å². The van der Waals surface area contributed by atoms with Crippen LogP contribution in [0.25, 0.3) is 31.0 Å². The second kappa shape index (κ2) is 8.75. The fourth-order valence-corrected chi connectivity index (χ4v) is 6.23. The van der Waals surface area contributed by atoms with Gasteiger partial charge in [-0.15, -0.1) is 22.7 Å². The van der Waals surface area contributed by atoms with Crippen LogP contribution >= 0.6 is 22.7 Å². The van der Waals surface area contributed by atoms with E-state index in [0.717, 1.165) is 54.8 Å². The molecule has 0 atom stereocenters. The van der Waals surface area contributed by atoms with Gasteiger partial charge in [0.05, 0.1) is 32.0 Å². The second-order valence-electron chi connectivity index (χ2n) is 8.26. The van der Waals surface area contributed by atoms with Crippen molar-refractivity contribution in [3.05, 3.63) is 71.4 Å². The standard InChI is InChI=1S/C25H22N6OS2/c26-23-16-5-1-2-6-17(16)27-22(29-23)15-30-11-13-31(14-12-30)25(32)21-10-9-20(33-21)24-28-18-7-3-4-8-19(18)34-24/h1-10H,11-15H2,(H2,26,27,29). The number of hydrogen-bond donors (Lipinski definition) is 1. The molecule has 0 radical (unpaired) electrons. The Bertz CT molecular complexity index is 1470. The molecule has 1 aliphatic rings. The first-order valence-electron chi connectivity index (χ1n) is 11.1. The van der Waals surface area contributed by atoms with E-state index >= 15 is 0 Å². The van der Waals surface area contributed by atoms with E-state index in [2.05, 4.69) is 20.9 Å². The number of thiazole rings is 1. The Labute approximate surface area is 204 Å². The number of aromatic nitrogens is 3. The molecule has 0 aliphatic carbocycles. The third kappa shape index (κ3) is 4.02. The van der Waals surface area contributed by atoms with Crippen molar-refractivity contribution >= 4 is 55.5 Å². The van der Waals surface area contributed by atoms with Crippen LogP contribution in [0.2, 0.25) is 0 Å². The number of benzene rings is 2. The monoisotopic (exact) mass is 486 g/mol.